The molecule has 0 fully saturated rings. The van der Waals surface area contributed by atoms with Crippen molar-refractivity contribution >= 4 is 11.9 Å². The number of aromatic nitrogens is 2. The largest absolute Gasteiger partial charge is 0.476 e. The highest BCUT2D eigenvalue weighted by Crippen LogP contribution is 2.10. The van der Waals surface area contributed by atoms with Gasteiger partial charge in [0.2, 0.25) is 5.91 Å². The van der Waals surface area contributed by atoms with Gasteiger partial charge in [0.25, 0.3) is 0 Å². The minimum atomic E-state index is -1.11. The zero-order valence-corrected chi connectivity index (χ0v) is 11.0. The Labute approximate surface area is 116 Å². The Kier molecular flexibility index (Phi) is 4.14. The van der Waals surface area contributed by atoms with E-state index >= 15 is 0 Å². The second-order valence-electron chi connectivity index (χ2n) is 4.40. The Hall–Kier alpha value is -2.63. The summed E-state index contributed by atoms with van der Waals surface area (Å²) >= 11 is 0. The number of rotatable bonds is 5. The van der Waals surface area contributed by atoms with E-state index in [1.165, 1.54) is 16.9 Å². The summed E-state index contributed by atoms with van der Waals surface area (Å²) in [6.45, 7) is 1.88. The van der Waals surface area contributed by atoms with Crippen LogP contribution in [0.15, 0.2) is 42.6 Å². The van der Waals surface area contributed by atoms with Crippen molar-refractivity contribution in [1.29, 1.82) is 0 Å². The predicted molar refractivity (Wildman–Crippen MR) is 72.2 cm³/mol. The van der Waals surface area contributed by atoms with E-state index in [1.807, 2.05) is 37.3 Å². The second kappa shape index (κ2) is 6.01. The molecule has 1 atom stereocenters. The minimum Gasteiger partial charge on any atom is -0.476 e. The summed E-state index contributed by atoms with van der Waals surface area (Å²) in [5.74, 6) is -1.33. The molecule has 2 rings (SSSR count). The number of benzene rings is 1. The van der Waals surface area contributed by atoms with E-state index in [-0.39, 0.29) is 24.2 Å². The molecule has 0 aliphatic rings. The van der Waals surface area contributed by atoms with Gasteiger partial charge in [0, 0.05) is 6.20 Å². The molecule has 0 radical (unpaired) electrons. The number of carboxylic acid groups (broad SMARTS) is 1. The normalized spacial score (nSPS) is 11.8. The van der Waals surface area contributed by atoms with Crippen LogP contribution in [0, 0.1) is 0 Å². The molecule has 0 bridgehead atoms. The van der Waals surface area contributed by atoms with E-state index in [0.717, 1.165) is 5.56 Å². The number of carboxylic acids is 1. The molecule has 0 spiro atoms. The van der Waals surface area contributed by atoms with Gasteiger partial charge in [0.1, 0.15) is 6.54 Å². The molecule has 1 aromatic heterocycles. The maximum absolute atomic E-state index is 11.9. The Morgan fingerprint density at radius 1 is 1.30 bits per heavy atom. The first kappa shape index (κ1) is 13.8. The van der Waals surface area contributed by atoms with E-state index in [4.69, 9.17) is 5.11 Å². The fraction of sp³-hybridized carbons (Fsp3) is 0.214. The molecule has 2 aromatic rings. The van der Waals surface area contributed by atoms with Crippen molar-refractivity contribution in [3.05, 3.63) is 53.9 Å². The molecule has 6 heteroatoms. The third-order valence-corrected chi connectivity index (χ3v) is 2.84. The quantitative estimate of drug-likeness (QED) is 0.863. The molecule has 1 heterocycles. The van der Waals surface area contributed by atoms with Gasteiger partial charge >= 0.3 is 5.97 Å². The maximum Gasteiger partial charge on any atom is 0.356 e. The summed E-state index contributed by atoms with van der Waals surface area (Å²) in [6.07, 6.45) is 1.47. The lowest BCUT2D eigenvalue weighted by molar-refractivity contribution is -0.122. The first-order valence-corrected chi connectivity index (χ1v) is 6.17. The molecule has 104 valence electrons. The molecule has 0 unspecified atom stereocenters. The van der Waals surface area contributed by atoms with Crippen molar-refractivity contribution in [2.24, 2.45) is 0 Å². The van der Waals surface area contributed by atoms with Crippen molar-refractivity contribution in [2.45, 2.75) is 19.5 Å². The number of nitrogens with one attached hydrogen (secondary N) is 1. The van der Waals surface area contributed by atoms with Crippen LogP contribution >= 0.6 is 0 Å². The van der Waals surface area contributed by atoms with Gasteiger partial charge in [-0.05, 0) is 18.6 Å². The summed E-state index contributed by atoms with van der Waals surface area (Å²) < 4.78 is 1.30. The highest BCUT2D eigenvalue weighted by Gasteiger charge is 2.12. The smallest absolute Gasteiger partial charge is 0.356 e. The number of amides is 1. The van der Waals surface area contributed by atoms with Gasteiger partial charge < -0.3 is 10.4 Å². The van der Waals surface area contributed by atoms with E-state index < -0.39 is 5.97 Å². The molecule has 6 nitrogen and oxygen atoms in total. The van der Waals surface area contributed by atoms with E-state index in [9.17, 15) is 9.59 Å². The van der Waals surface area contributed by atoms with Gasteiger partial charge in [0.05, 0.1) is 6.04 Å². The third-order valence-electron chi connectivity index (χ3n) is 2.84. The number of carbonyl (C=O) groups excluding carboxylic acids is 1. The Morgan fingerprint density at radius 2 is 2.00 bits per heavy atom. The fourth-order valence-corrected chi connectivity index (χ4v) is 1.82. The average molecular weight is 273 g/mol. The van der Waals surface area contributed by atoms with Gasteiger partial charge in [-0.25, -0.2) is 4.79 Å². The predicted octanol–water partition coefficient (Wildman–Crippen LogP) is 1.46. The minimum absolute atomic E-state index is 0.00947. The van der Waals surface area contributed by atoms with Gasteiger partial charge in [-0.2, -0.15) is 5.10 Å². The number of carbonyl (C=O) groups is 2. The monoisotopic (exact) mass is 273 g/mol. The number of aromatic carboxylic acids is 1. The van der Waals surface area contributed by atoms with Gasteiger partial charge in [-0.1, -0.05) is 30.3 Å². The van der Waals surface area contributed by atoms with Gasteiger partial charge in [-0.3, -0.25) is 9.48 Å². The van der Waals surface area contributed by atoms with Crippen molar-refractivity contribution in [3.63, 3.8) is 0 Å². The standard InChI is InChI=1S/C14H15N3O3/c1-10(11-5-3-2-4-6-11)15-13(18)9-17-8-7-12(16-17)14(19)20/h2-8,10H,9H2,1H3,(H,15,18)(H,19,20)/t10-/m0/s1. The zero-order valence-electron chi connectivity index (χ0n) is 11.0. The summed E-state index contributed by atoms with van der Waals surface area (Å²) in [7, 11) is 0. The van der Waals surface area contributed by atoms with Crippen LogP contribution in [0.25, 0.3) is 0 Å². The first-order valence-electron chi connectivity index (χ1n) is 6.17. The van der Waals surface area contributed by atoms with Crippen LogP contribution in [-0.4, -0.2) is 26.8 Å². The molecule has 0 aliphatic carbocycles. The van der Waals surface area contributed by atoms with Crippen molar-refractivity contribution < 1.29 is 14.7 Å². The molecule has 1 amide bonds. The lowest BCUT2D eigenvalue weighted by Crippen LogP contribution is -2.30. The molecule has 0 aliphatic heterocycles. The Balaban J connectivity index is 1.93. The maximum atomic E-state index is 11.9. The van der Waals surface area contributed by atoms with Gasteiger partial charge in [0.15, 0.2) is 5.69 Å². The van der Waals surface area contributed by atoms with Crippen LogP contribution in [0.3, 0.4) is 0 Å². The zero-order chi connectivity index (χ0) is 14.5. The lowest BCUT2D eigenvalue weighted by atomic mass is 10.1. The lowest BCUT2D eigenvalue weighted by Gasteiger charge is -2.14. The van der Waals surface area contributed by atoms with Crippen molar-refractivity contribution in [2.75, 3.05) is 0 Å². The SMILES string of the molecule is C[C@H](NC(=O)Cn1ccc(C(=O)O)n1)c1ccccc1. The molecular weight excluding hydrogens is 258 g/mol. The number of nitrogens with zero attached hydrogens (tertiary/aromatic N) is 2. The molecule has 2 N–H and O–H groups in total. The van der Waals surface area contributed by atoms with E-state index in [1.54, 1.807) is 0 Å². The number of hydrogen-bond acceptors (Lipinski definition) is 3. The van der Waals surface area contributed by atoms with Crippen molar-refractivity contribution in [3.8, 4) is 0 Å². The van der Waals surface area contributed by atoms with Crippen molar-refractivity contribution in [1.82, 2.24) is 15.1 Å². The molecule has 1 aromatic carbocycles. The van der Waals surface area contributed by atoms with Crippen LogP contribution in [0.2, 0.25) is 0 Å². The summed E-state index contributed by atoms with van der Waals surface area (Å²) in [5.41, 5.74) is 0.932. The van der Waals surface area contributed by atoms with Crippen LogP contribution in [0.4, 0.5) is 0 Å². The molecular formula is C14H15N3O3. The van der Waals surface area contributed by atoms with Crippen LogP contribution in [0.1, 0.15) is 29.0 Å². The average Bonchev–Trinajstić information content (AvgIpc) is 2.88. The fourth-order valence-electron chi connectivity index (χ4n) is 1.82. The van der Waals surface area contributed by atoms with E-state index in [0.29, 0.717) is 0 Å². The van der Waals surface area contributed by atoms with Gasteiger partial charge in [-0.15, -0.1) is 0 Å². The summed E-state index contributed by atoms with van der Waals surface area (Å²) in [6, 6.07) is 10.8. The highest BCUT2D eigenvalue weighted by atomic mass is 16.4. The summed E-state index contributed by atoms with van der Waals surface area (Å²) in [4.78, 5) is 22.5. The van der Waals surface area contributed by atoms with Crippen LogP contribution in [-0.2, 0) is 11.3 Å². The second-order valence-corrected chi connectivity index (χ2v) is 4.40. The Morgan fingerprint density at radius 3 is 2.60 bits per heavy atom. The molecule has 20 heavy (non-hydrogen) atoms. The van der Waals surface area contributed by atoms with E-state index in [2.05, 4.69) is 10.4 Å². The summed E-state index contributed by atoms with van der Waals surface area (Å²) in [5, 5.41) is 15.4. The van der Waals surface area contributed by atoms with Crippen LogP contribution in [0.5, 0.6) is 0 Å². The topological polar surface area (TPSA) is 84.2 Å². The highest BCUT2D eigenvalue weighted by molar-refractivity contribution is 5.85. The molecule has 0 saturated heterocycles. The number of hydrogen-bond donors (Lipinski definition) is 2. The van der Waals surface area contributed by atoms with Crippen LogP contribution < -0.4 is 5.32 Å². The molecule has 0 saturated carbocycles. The first-order chi connectivity index (χ1) is 9.56. The third kappa shape index (κ3) is 3.44. The Bertz CT molecular complexity index is 607.